The lowest BCUT2D eigenvalue weighted by Gasteiger charge is -2.05. The monoisotopic (exact) mass is 294 g/mol. The van der Waals surface area contributed by atoms with Crippen LogP contribution in [-0.2, 0) is 6.54 Å². The highest BCUT2D eigenvalue weighted by Crippen LogP contribution is 2.14. The summed E-state index contributed by atoms with van der Waals surface area (Å²) >= 11 is 0. The molecule has 0 aliphatic heterocycles. The first-order chi connectivity index (χ1) is 10.1. The summed E-state index contributed by atoms with van der Waals surface area (Å²) in [5.41, 5.74) is 6.78. The molecule has 21 heavy (non-hydrogen) atoms. The lowest BCUT2D eigenvalue weighted by Crippen LogP contribution is -2.32. The zero-order valence-electron chi connectivity index (χ0n) is 13.7. The van der Waals surface area contributed by atoms with E-state index in [2.05, 4.69) is 36.2 Å². The van der Waals surface area contributed by atoms with Gasteiger partial charge in [-0.1, -0.05) is 58.0 Å². The zero-order valence-corrected chi connectivity index (χ0v) is 13.7. The van der Waals surface area contributed by atoms with Gasteiger partial charge < -0.3 is 15.6 Å². The van der Waals surface area contributed by atoms with Crippen LogP contribution in [-0.4, -0.2) is 17.7 Å². The average molecular weight is 294 g/mol. The summed E-state index contributed by atoms with van der Waals surface area (Å²) in [6, 6.07) is 1.94. The Hall–Kier alpha value is -1.52. The van der Waals surface area contributed by atoms with Crippen molar-refractivity contribution < 1.29 is 4.52 Å². The molecule has 0 fully saturated rings. The van der Waals surface area contributed by atoms with E-state index in [1.54, 1.807) is 0 Å². The van der Waals surface area contributed by atoms with E-state index in [1.165, 1.54) is 32.1 Å². The van der Waals surface area contributed by atoms with Gasteiger partial charge in [0.1, 0.15) is 6.54 Å². The van der Waals surface area contributed by atoms with E-state index in [9.17, 15) is 0 Å². The molecule has 0 aliphatic carbocycles. The molecule has 5 heteroatoms. The van der Waals surface area contributed by atoms with Gasteiger partial charge in [-0.3, -0.25) is 0 Å². The number of guanidine groups is 1. The molecule has 0 radical (unpaired) electrons. The molecule has 3 N–H and O–H groups in total. The van der Waals surface area contributed by atoms with Crippen molar-refractivity contribution in [1.29, 1.82) is 0 Å². The highest BCUT2D eigenvalue weighted by atomic mass is 16.5. The lowest BCUT2D eigenvalue weighted by molar-refractivity contribution is 0.376. The molecule has 0 aliphatic rings. The van der Waals surface area contributed by atoms with Crippen LogP contribution in [0.15, 0.2) is 15.6 Å². The van der Waals surface area contributed by atoms with Crippen LogP contribution in [0, 0.1) is 0 Å². The molecule has 0 unspecified atom stereocenters. The average Bonchev–Trinajstić information content (AvgIpc) is 2.93. The third kappa shape index (κ3) is 7.73. The van der Waals surface area contributed by atoms with E-state index in [4.69, 9.17) is 10.3 Å². The first kappa shape index (κ1) is 17.5. The van der Waals surface area contributed by atoms with Crippen molar-refractivity contribution in [2.24, 2.45) is 10.7 Å². The number of rotatable bonds is 10. The van der Waals surface area contributed by atoms with Crippen molar-refractivity contribution in [3.63, 3.8) is 0 Å². The molecule has 0 bridgehead atoms. The molecule has 1 aromatic heterocycles. The van der Waals surface area contributed by atoms with Gasteiger partial charge in [-0.15, -0.1) is 0 Å². The predicted octanol–water partition coefficient (Wildman–Crippen LogP) is 3.56. The first-order valence-corrected chi connectivity index (χ1v) is 8.12. The van der Waals surface area contributed by atoms with E-state index in [1.807, 2.05) is 6.07 Å². The number of nitrogens with two attached hydrogens (primary N) is 1. The Kier molecular flexibility index (Phi) is 8.55. The zero-order chi connectivity index (χ0) is 15.5. The molecule has 0 saturated carbocycles. The summed E-state index contributed by atoms with van der Waals surface area (Å²) in [6.07, 6.45) is 7.66. The van der Waals surface area contributed by atoms with Crippen LogP contribution in [0.25, 0.3) is 0 Å². The second-order valence-electron chi connectivity index (χ2n) is 5.77. The number of aliphatic imine (C=N–C) groups is 1. The molecular weight excluding hydrogens is 264 g/mol. The molecule has 120 valence electrons. The Morgan fingerprint density at radius 3 is 2.67 bits per heavy atom. The van der Waals surface area contributed by atoms with Gasteiger partial charge >= 0.3 is 0 Å². The van der Waals surface area contributed by atoms with Crippen molar-refractivity contribution in [3.05, 3.63) is 17.5 Å². The molecule has 0 aromatic carbocycles. The van der Waals surface area contributed by atoms with E-state index in [0.717, 1.165) is 24.4 Å². The van der Waals surface area contributed by atoms with Crippen LogP contribution in [0.4, 0.5) is 0 Å². The van der Waals surface area contributed by atoms with E-state index < -0.39 is 0 Å². The van der Waals surface area contributed by atoms with Gasteiger partial charge in [0.25, 0.3) is 0 Å². The fraction of sp³-hybridized carbons (Fsp3) is 0.750. The largest absolute Gasteiger partial charge is 0.370 e. The van der Waals surface area contributed by atoms with Crippen LogP contribution in [0.5, 0.6) is 0 Å². The van der Waals surface area contributed by atoms with E-state index in [0.29, 0.717) is 18.4 Å². The number of nitrogens with one attached hydrogen (secondary N) is 1. The molecule has 0 saturated heterocycles. The number of hydrogen-bond donors (Lipinski definition) is 2. The minimum atomic E-state index is 0.370. The van der Waals surface area contributed by atoms with Crippen LogP contribution in [0.3, 0.4) is 0 Å². The summed E-state index contributed by atoms with van der Waals surface area (Å²) in [5.74, 6) is 1.60. The first-order valence-electron chi connectivity index (χ1n) is 8.12. The topological polar surface area (TPSA) is 76.4 Å². The SMILES string of the molecule is CCCCCCCCNC(N)=NCc1cc(C(C)C)no1. The lowest BCUT2D eigenvalue weighted by atomic mass is 10.1. The summed E-state index contributed by atoms with van der Waals surface area (Å²) in [5, 5.41) is 7.14. The van der Waals surface area contributed by atoms with Gasteiger partial charge in [0.15, 0.2) is 11.7 Å². The van der Waals surface area contributed by atoms with Crippen molar-refractivity contribution in [2.45, 2.75) is 71.8 Å². The highest BCUT2D eigenvalue weighted by molar-refractivity contribution is 5.77. The van der Waals surface area contributed by atoms with Gasteiger partial charge in [0.2, 0.25) is 0 Å². The molecule has 0 atom stereocenters. The van der Waals surface area contributed by atoms with E-state index >= 15 is 0 Å². The minimum Gasteiger partial charge on any atom is -0.370 e. The molecule has 1 aromatic rings. The van der Waals surface area contributed by atoms with Crippen molar-refractivity contribution >= 4 is 5.96 Å². The smallest absolute Gasteiger partial charge is 0.189 e. The number of aromatic nitrogens is 1. The Balaban J connectivity index is 2.14. The van der Waals surface area contributed by atoms with Crippen molar-refractivity contribution in [3.8, 4) is 0 Å². The Bertz CT molecular complexity index is 412. The number of hydrogen-bond acceptors (Lipinski definition) is 3. The molecular formula is C16H30N4O. The quantitative estimate of drug-likeness (QED) is 0.393. The maximum Gasteiger partial charge on any atom is 0.189 e. The molecule has 1 rings (SSSR count). The third-order valence-electron chi connectivity index (χ3n) is 3.41. The molecule has 0 amide bonds. The van der Waals surface area contributed by atoms with Crippen molar-refractivity contribution in [2.75, 3.05) is 6.54 Å². The van der Waals surface area contributed by atoms with Crippen LogP contribution >= 0.6 is 0 Å². The fourth-order valence-electron chi connectivity index (χ4n) is 2.02. The normalized spacial score (nSPS) is 12.1. The standard InChI is InChI=1S/C16H30N4O/c1-4-5-6-7-8-9-10-18-16(17)19-12-14-11-15(13(2)3)20-21-14/h11,13H,4-10,12H2,1-3H3,(H3,17,18,19). The van der Waals surface area contributed by atoms with Gasteiger partial charge in [0, 0.05) is 12.6 Å². The minimum absolute atomic E-state index is 0.370. The fourth-order valence-corrected chi connectivity index (χ4v) is 2.02. The maximum atomic E-state index is 5.83. The van der Waals surface area contributed by atoms with Gasteiger partial charge in [-0.25, -0.2) is 4.99 Å². The van der Waals surface area contributed by atoms with Crippen molar-refractivity contribution in [1.82, 2.24) is 10.5 Å². The molecule has 1 heterocycles. The summed E-state index contributed by atoms with van der Waals surface area (Å²) < 4.78 is 5.22. The second-order valence-corrected chi connectivity index (χ2v) is 5.77. The molecule has 0 spiro atoms. The van der Waals surface area contributed by atoms with E-state index in [-0.39, 0.29) is 0 Å². The molecule has 5 nitrogen and oxygen atoms in total. The van der Waals surface area contributed by atoms with Gasteiger partial charge in [-0.05, 0) is 12.3 Å². The summed E-state index contributed by atoms with van der Waals surface area (Å²) in [4.78, 5) is 4.26. The number of unbranched alkanes of at least 4 members (excludes halogenated alkanes) is 5. The predicted molar refractivity (Wildman–Crippen MR) is 87.3 cm³/mol. The van der Waals surface area contributed by atoms with Gasteiger partial charge in [0.05, 0.1) is 5.69 Å². The maximum absolute atomic E-state index is 5.83. The highest BCUT2D eigenvalue weighted by Gasteiger charge is 2.06. The Labute approximate surface area is 128 Å². The van der Waals surface area contributed by atoms with Gasteiger partial charge in [-0.2, -0.15) is 0 Å². The van der Waals surface area contributed by atoms with Crippen LogP contribution in [0.1, 0.15) is 76.7 Å². The summed E-state index contributed by atoms with van der Waals surface area (Å²) in [7, 11) is 0. The third-order valence-corrected chi connectivity index (χ3v) is 3.41. The Morgan fingerprint density at radius 1 is 1.29 bits per heavy atom. The Morgan fingerprint density at radius 2 is 2.00 bits per heavy atom. The summed E-state index contributed by atoms with van der Waals surface area (Å²) in [6.45, 7) is 7.73. The second kappa shape index (κ2) is 10.2. The van der Waals surface area contributed by atoms with Crippen LogP contribution in [0.2, 0.25) is 0 Å². The van der Waals surface area contributed by atoms with Crippen LogP contribution < -0.4 is 11.1 Å². The number of nitrogens with zero attached hydrogens (tertiary/aromatic N) is 2.